The second-order valence-electron chi connectivity index (χ2n) is 3.40. The first-order valence-electron chi connectivity index (χ1n) is 4.89. The van der Waals surface area contributed by atoms with Gasteiger partial charge in [-0.2, -0.15) is 5.10 Å². The number of phenolic OH excluding ortho intramolecular Hbond substituents is 1. The number of amides is 1. The van der Waals surface area contributed by atoms with Gasteiger partial charge in [-0.3, -0.25) is 4.79 Å². The molecule has 0 atom stereocenters. The summed E-state index contributed by atoms with van der Waals surface area (Å²) >= 11 is 11.2. The van der Waals surface area contributed by atoms with E-state index in [0.717, 1.165) is 4.47 Å². The molecule has 1 amide bonds. The van der Waals surface area contributed by atoms with Crippen LogP contribution in [0, 0.1) is 0 Å². The van der Waals surface area contributed by atoms with Gasteiger partial charge in [-0.1, -0.05) is 27.7 Å². The van der Waals surface area contributed by atoms with Crippen LogP contribution in [0.4, 0.5) is 0 Å². The molecule has 0 aliphatic carbocycles. The predicted octanol–water partition coefficient (Wildman–Crippen LogP) is 3.23. The average molecular weight is 472 g/mol. The number of benzene rings is 1. The Morgan fingerprint density at radius 1 is 1.37 bits per heavy atom. The second kappa shape index (κ2) is 6.38. The number of thioether (sulfide) groups is 1. The summed E-state index contributed by atoms with van der Waals surface area (Å²) in [5.74, 6) is 0.365. The number of halogens is 3. The third-order valence-corrected chi connectivity index (χ3v) is 5.03. The van der Waals surface area contributed by atoms with Crippen LogP contribution in [0.2, 0.25) is 0 Å². The maximum absolute atomic E-state index is 11.0. The summed E-state index contributed by atoms with van der Waals surface area (Å²) in [5, 5.41) is 20.6. The molecule has 100 valence electrons. The molecule has 1 aliphatic rings. The van der Waals surface area contributed by atoms with Crippen LogP contribution >= 0.6 is 59.6 Å². The van der Waals surface area contributed by atoms with Gasteiger partial charge in [0.2, 0.25) is 5.91 Å². The lowest BCUT2D eigenvalue weighted by atomic mass is 10.2. The minimum absolute atomic E-state index is 0.0809. The topological polar surface area (TPSA) is 74.0 Å². The van der Waals surface area contributed by atoms with E-state index in [4.69, 9.17) is 0 Å². The second-order valence-corrected chi connectivity index (χ2v) is 6.87. The van der Waals surface area contributed by atoms with Crippen molar-refractivity contribution in [1.29, 1.82) is 0 Å². The van der Waals surface area contributed by atoms with Crippen molar-refractivity contribution in [3.63, 3.8) is 0 Å². The zero-order chi connectivity index (χ0) is 14.0. The third-order valence-electron chi connectivity index (χ3n) is 2.10. The van der Waals surface area contributed by atoms with E-state index < -0.39 is 0 Å². The van der Waals surface area contributed by atoms with E-state index in [9.17, 15) is 9.90 Å². The Hall–Kier alpha value is -0.380. The van der Waals surface area contributed by atoms with Crippen molar-refractivity contribution in [2.75, 3.05) is 5.75 Å². The van der Waals surface area contributed by atoms with E-state index in [1.54, 1.807) is 6.07 Å². The van der Waals surface area contributed by atoms with Crippen molar-refractivity contribution >= 4 is 76.8 Å². The molecule has 0 saturated carbocycles. The van der Waals surface area contributed by atoms with Crippen LogP contribution in [-0.2, 0) is 4.79 Å². The van der Waals surface area contributed by atoms with Crippen LogP contribution in [-0.4, -0.2) is 28.1 Å². The minimum atomic E-state index is -0.0809. The van der Waals surface area contributed by atoms with Crippen LogP contribution in [0.5, 0.6) is 5.75 Å². The highest BCUT2D eigenvalue weighted by atomic mass is 79.9. The van der Waals surface area contributed by atoms with E-state index in [1.165, 1.54) is 18.0 Å². The van der Waals surface area contributed by atoms with E-state index in [1.807, 2.05) is 0 Å². The fourth-order valence-corrected chi connectivity index (χ4v) is 4.19. The normalized spacial score (nSPS) is 17.4. The molecule has 19 heavy (non-hydrogen) atoms. The molecule has 1 aliphatic heterocycles. The van der Waals surface area contributed by atoms with Gasteiger partial charge in [-0.05, 0) is 37.9 Å². The quantitative estimate of drug-likeness (QED) is 0.513. The summed E-state index contributed by atoms with van der Waals surface area (Å²) in [6, 6.07) is 1.71. The molecule has 0 spiro atoms. The van der Waals surface area contributed by atoms with Crippen LogP contribution in [0.25, 0.3) is 0 Å². The standard InChI is InChI=1S/C10H6Br3N3O2S/c11-5-1-6(12)9(18)8(13)4(5)2-14-16-10-15-7(17)3-19-10/h1-2,18H,3H2,(H,15,16,17). The molecule has 1 aromatic carbocycles. The monoisotopic (exact) mass is 469 g/mol. The Bertz CT molecular complexity index is 604. The molecule has 1 heterocycles. The Kier molecular flexibility index (Phi) is 5.04. The molecular formula is C10H6Br3N3O2S. The van der Waals surface area contributed by atoms with Gasteiger partial charge >= 0.3 is 0 Å². The number of nitrogens with zero attached hydrogens (tertiary/aromatic N) is 2. The van der Waals surface area contributed by atoms with Gasteiger partial charge < -0.3 is 10.4 Å². The van der Waals surface area contributed by atoms with E-state index in [0.29, 0.717) is 25.4 Å². The Labute approximate surface area is 138 Å². The molecule has 1 fully saturated rings. The summed E-state index contributed by atoms with van der Waals surface area (Å²) in [5.41, 5.74) is 0.652. The number of aromatic hydroxyl groups is 1. The van der Waals surface area contributed by atoms with E-state index in [2.05, 4.69) is 63.3 Å². The van der Waals surface area contributed by atoms with Crippen LogP contribution < -0.4 is 5.32 Å². The van der Waals surface area contributed by atoms with Crippen LogP contribution in [0.3, 0.4) is 0 Å². The maximum atomic E-state index is 11.0. The Balaban J connectivity index is 2.24. The number of amidine groups is 1. The molecule has 0 bridgehead atoms. The first-order valence-corrected chi connectivity index (χ1v) is 8.25. The fourth-order valence-electron chi connectivity index (χ4n) is 1.23. The number of carbonyl (C=O) groups is 1. The van der Waals surface area contributed by atoms with Crippen molar-refractivity contribution in [2.24, 2.45) is 10.2 Å². The lowest BCUT2D eigenvalue weighted by molar-refractivity contribution is -0.116. The van der Waals surface area contributed by atoms with Gasteiger partial charge in [-0.25, -0.2) is 0 Å². The summed E-state index contributed by atoms with van der Waals surface area (Å²) in [4.78, 5) is 11.0. The Morgan fingerprint density at radius 2 is 2.11 bits per heavy atom. The molecule has 0 radical (unpaired) electrons. The predicted molar refractivity (Wildman–Crippen MR) is 86.8 cm³/mol. The van der Waals surface area contributed by atoms with Crippen molar-refractivity contribution in [2.45, 2.75) is 0 Å². The fraction of sp³-hybridized carbons (Fsp3) is 0.100. The molecule has 1 aromatic rings. The Morgan fingerprint density at radius 3 is 2.74 bits per heavy atom. The summed E-state index contributed by atoms with van der Waals surface area (Å²) in [6.45, 7) is 0. The van der Waals surface area contributed by atoms with Gasteiger partial charge in [0, 0.05) is 10.0 Å². The molecule has 2 N–H and O–H groups in total. The highest BCUT2D eigenvalue weighted by Gasteiger charge is 2.16. The summed E-state index contributed by atoms with van der Waals surface area (Å²) in [6.07, 6.45) is 1.48. The number of nitrogens with one attached hydrogen (secondary N) is 1. The first-order chi connectivity index (χ1) is 8.99. The number of phenols is 1. The number of carbonyl (C=O) groups excluding carboxylic acids is 1. The molecule has 2 rings (SSSR count). The average Bonchev–Trinajstić information content (AvgIpc) is 2.77. The molecule has 9 heteroatoms. The van der Waals surface area contributed by atoms with Gasteiger partial charge in [0.25, 0.3) is 0 Å². The molecule has 0 aromatic heterocycles. The first kappa shape index (κ1) is 15.0. The zero-order valence-corrected chi connectivity index (χ0v) is 14.7. The smallest absolute Gasteiger partial charge is 0.236 e. The van der Waals surface area contributed by atoms with Crippen molar-refractivity contribution in [3.8, 4) is 5.75 Å². The number of rotatable bonds is 2. The largest absolute Gasteiger partial charge is 0.506 e. The number of hydrogen-bond acceptors (Lipinski definition) is 5. The van der Waals surface area contributed by atoms with Crippen LogP contribution in [0.1, 0.15) is 5.56 Å². The van der Waals surface area contributed by atoms with E-state index in [-0.39, 0.29) is 11.7 Å². The third kappa shape index (κ3) is 3.59. The lowest BCUT2D eigenvalue weighted by Crippen LogP contribution is -2.19. The maximum Gasteiger partial charge on any atom is 0.236 e. The van der Waals surface area contributed by atoms with Gasteiger partial charge in [0.1, 0.15) is 5.75 Å². The van der Waals surface area contributed by atoms with Gasteiger partial charge in [0.05, 0.1) is 20.9 Å². The van der Waals surface area contributed by atoms with Crippen molar-refractivity contribution < 1.29 is 9.90 Å². The zero-order valence-electron chi connectivity index (χ0n) is 9.15. The molecule has 0 unspecified atom stereocenters. The summed E-state index contributed by atoms with van der Waals surface area (Å²) in [7, 11) is 0. The van der Waals surface area contributed by atoms with Crippen LogP contribution in [0.15, 0.2) is 29.7 Å². The molecule has 5 nitrogen and oxygen atoms in total. The van der Waals surface area contributed by atoms with E-state index >= 15 is 0 Å². The van der Waals surface area contributed by atoms with Crippen molar-refractivity contribution in [3.05, 3.63) is 25.0 Å². The lowest BCUT2D eigenvalue weighted by Gasteiger charge is -2.06. The highest BCUT2D eigenvalue weighted by molar-refractivity contribution is 9.11. The number of hydrogen-bond donors (Lipinski definition) is 2. The van der Waals surface area contributed by atoms with Gasteiger partial charge in [0.15, 0.2) is 5.17 Å². The van der Waals surface area contributed by atoms with Crippen molar-refractivity contribution in [1.82, 2.24) is 5.32 Å². The minimum Gasteiger partial charge on any atom is -0.506 e. The molecule has 1 saturated heterocycles. The highest BCUT2D eigenvalue weighted by Crippen LogP contribution is 2.38. The summed E-state index contributed by atoms with van der Waals surface area (Å²) < 4.78 is 1.81. The SMILES string of the molecule is O=C1CSC(=NN=Cc2c(Br)cc(Br)c(O)c2Br)N1. The van der Waals surface area contributed by atoms with Gasteiger partial charge in [-0.15, -0.1) is 5.10 Å². The molecular weight excluding hydrogens is 466 g/mol.